The third kappa shape index (κ3) is 6.05. The SMILES string of the molecule is CC(C)(C)OC(=O)NC(=N)c1ccc2c(c1)C(CCNC(=O)C(C)(c1ccccc1)c1ccccc1)CO2. The molecule has 3 N–H and O–H groups in total. The zero-order valence-corrected chi connectivity index (χ0v) is 22.3. The van der Waals surface area contributed by atoms with Gasteiger partial charge in [0, 0.05) is 23.6 Å². The number of nitrogens with one attached hydrogen (secondary N) is 3. The molecule has 1 unspecified atom stereocenters. The fourth-order valence-corrected chi connectivity index (χ4v) is 4.66. The molecule has 0 saturated carbocycles. The highest BCUT2D eigenvalue weighted by Gasteiger charge is 2.37. The van der Waals surface area contributed by atoms with Crippen LogP contribution >= 0.6 is 0 Å². The first kappa shape index (κ1) is 26.9. The van der Waals surface area contributed by atoms with Gasteiger partial charge in [0.05, 0.1) is 12.0 Å². The minimum atomic E-state index is -0.831. The molecule has 1 aliphatic rings. The van der Waals surface area contributed by atoms with Gasteiger partial charge in [0.15, 0.2) is 0 Å². The molecule has 2 amide bonds. The molecule has 1 heterocycles. The van der Waals surface area contributed by atoms with Crippen LogP contribution in [0.3, 0.4) is 0 Å². The van der Waals surface area contributed by atoms with Crippen LogP contribution in [0.25, 0.3) is 0 Å². The molecule has 38 heavy (non-hydrogen) atoms. The fourth-order valence-electron chi connectivity index (χ4n) is 4.66. The zero-order valence-electron chi connectivity index (χ0n) is 22.3. The molecule has 3 aromatic rings. The zero-order chi connectivity index (χ0) is 27.3. The first-order chi connectivity index (χ1) is 18.1. The van der Waals surface area contributed by atoms with E-state index in [2.05, 4.69) is 10.6 Å². The second-order valence-corrected chi connectivity index (χ2v) is 10.7. The molecule has 4 rings (SSSR count). The first-order valence-electron chi connectivity index (χ1n) is 12.8. The number of alkyl carbamates (subject to hydrolysis) is 1. The van der Waals surface area contributed by atoms with Gasteiger partial charge in [0.2, 0.25) is 5.91 Å². The number of rotatable bonds is 7. The molecule has 0 radical (unpaired) electrons. The summed E-state index contributed by atoms with van der Waals surface area (Å²) in [6, 6.07) is 25.0. The quantitative estimate of drug-likeness (QED) is 0.286. The number of fused-ring (bicyclic) bond motifs is 1. The number of amides is 2. The number of carbonyl (C=O) groups excluding carboxylic acids is 2. The largest absolute Gasteiger partial charge is 0.493 e. The normalized spacial score (nSPS) is 14.7. The molecule has 0 fully saturated rings. The maximum Gasteiger partial charge on any atom is 0.413 e. The van der Waals surface area contributed by atoms with Crippen molar-refractivity contribution in [3.63, 3.8) is 0 Å². The molecule has 198 valence electrons. The Morgan fingerprint density at radius 1 is 0.947 bits per heavy atom. The van der Waals surface area contributed by atoms with Crippen LogP contribution in [-0.4, -0.2) is 36.6 Å². The van der Waals surface area contributed by atoms with E-state index in [4.69, 9.17) is 14.9 Å². The number of ether oxygens (including phenoxy) is 2. The van der Waals surface area contributed by atoms with Gasteiger partial charge in [0.25, 0.3) is 0 Å². The maximum absolute atomic E-state index is 13.6. The van der Waals surface area contributed by atoms with Gasteiger partial charge in [-0.15, -0.1) is 0 Å². The number of benzene rings is 3. The average molecular weight is 514 g/mol. The van der Waals surface area contributed by atoms with Crippen molar-refractivity contribution in [3.8, 4) is 5.75 Å². The highest BCUT2D eigenvalue weighted by atomic mass is 16.6. The molecule has 0 bridgehead atoms. The van der Waals surface area contributed by atoms with Crippen molar-refractivity contribution in [2.45, 2.75) is 51.0 Å². The van der Waals surface area contributed by atoms with Crippen LogP contribution in [-0.2, 0) is 14.9 Å². The predicted molar refractivity (Wildman–Crippen MR) is 148 cm³/mol. The van der Waals surface area contributed by atoms with Gasteiger partial charge in [-0.25, -0.2) is 4.79 Å². The van der Waals surface area contributed by atoms with E-state index in [-0.39, 0.29) is 17.7 Å². The topological polar surface area (TPSA) is 101 Å². The Morgan fingerprint density at radius 3 is 2.13 bits per heavy atom. The number of hydrogen-bond acceptors (Lipinski definition) is 5. The lowest BCUT2D eigenvalue weighted by Gasteiger charge is -2.30. The second-order valence-electron chi connectivity index (χ2n) is 10.7. The van der Waals surface area contributed by atoms with Crippen LogP contribution in [0.5, 0.6) is 5.75 Å². The molecule has 0 aromatic heterocycles. The maximum atomic E-state index is 13.6. The fraction of sp³-hybridized carbons (Fsp3) is 0.323. The predicted octanol–water partition coefficient (Wildman–Crippen LogP) is 5.53. The third-order valence-electron chi connectivity index (χ3n) is 6.74. The van der Waals surface area contributed by atoms with E-state index in [1.807, 2.05) is 79.7 Å². The van der Waals surface area contributed by atoms with Gasteiger partial charge < -0.3 is 14.8 Å². The summed E-state index contributed by atoms with van der Waals surface area (Å²) in [5.74, 6) is 0.710. The van der Waals surface area contributed by atoms with E-state index < -0.39 is 17.1 Å². The van der Waals surface area contributed by atoms with Gasteiger partial charge in [-0.3, -0.25) is 15.5 Å². The highest BCUT2D eigenvalue weighted by molar-refractivity contribution is 6.04. The lowest BCUT2D eigenvalue weighted by molar-refractivity contribution is -0.124. The summed E-state index contributed by atoms with van der Waals surface area (Å²) in [4.78, 5) is 25.7. The van der Waals surface area contributed by atoms with Crippen molar-refractivity contribution in [1.82, 2.24) is 10.6 Å². The van der Waals surface area contributed by atoms with Crippen molar-refractivity contribution in [3.05, 3.63) is 101 Å². The molecule has 0 saturated heterocycles. The van der Waals surface area contributed by atoms with Crippen LogP contribution in [0.15, 0.2) is 78.9 Å². The molecule has 3 aromatic carbocycles. The van der Waals surface area contributed by atoms with Crippen LogP contribution in [0, 0.1) is 5.41 Å². The lowest BCUT2D eigenvalue weighted by atomic mass is 9.75. The summed E-state index contributed by atoms with van der Waals surface area (Å²) in [6.45, 7) is 8.24. The standard InChI is InChI=1S/C31H35N3O4/c1-30(2,3)38-29(36)34-27(32)21-15-16-26-25(19-21)22(20-37-26)17-18-33-28(35)31(4,23-11-7-5-8-12-23)24-13-9-6-10-14-24/h5-16,19,22H,17-18,20H2,1-4H3,(H,33,35)(H2,32,34,36). The second kappa shape index (κ2) is 11.1. The minimum absolute atomic E-state index is 0.0394. The molecular formula is C31H35N3O4. The number of carbonyl (C=O) groups is 2. The average Bonchev–Trinajstić information content (AvgIpc) is 3.30. The lowest BCUT2D eigenvalue weighted by Crippen LogP contribution is -2.43. The summed E-state index contributed by atoms with van der Waals surface area (Å²) in [6.07, 6.45) is 0.00712. The Bertz CT molecular complexity index is 1260. The number of amidine groups is 1. The van der Waals surface area contributed by atoms with Crippen molar-refractivity contribution >= 4 is 17.8 Å². The Labute approximate surface area is 224 Å². The Hall–Kier alpha value is -4.13. The third-order valence-corrected chi connectivity index (χ3v) is 6.74. The summed E-state index contributed by atoms with van der Waals surface area (Å²) in [5.41, 5.74) is 1.90. The number of hydrogen-bond donors (Lipinski definition) is 3. The van der Waals surface area contributed by atoms with Crippen LogP contribution in [0.2, 0.25) is 0 Å². The summed E-state index contributed by atoms with van der Waals surface area (Å²) < 4.78 is 11.1. The summed E-state index contributed by atoms with van der Waals surface area (Å²) in [5, 5.41) is 14.0. The molecule has 1 aliphatic heterocycles. The molecule has 1 atom stereocenters. The van der Waals surface area contributed by atoms with Crippen molar-refractivity contribution in [1.29, 1.82) is 5.41 Å². The molecule has 7 nitrogen and oxygen atoms in total. The van der Waals surface area contributed by atoms with Gasteiger partial charge in [-0.2, -0.15) is 0 Å². The molecular weight excluding hydrogens is 478 g/mol. The van der Waals surface area contributed by atoms with Crippen LogP contribution in [0.1, 0.15) is 62.3 Å². The minimum Gasteiger partial charge on any atom is -0.493 e. The van der Waals surface area contributed by atoms with E-state index in [9.17, 15) is 9.59 Å². The van der Waals surface area contributed by atoms with E-state index >= 15 is 0 Å². The highest BCUT2D eigenvalue weighted by Crippen LogP contribution is 2.37. The van der Waals surface area contributed by atoms with Gasteiger partial charge in [-0.1, -0.05) is 60.7 Å². The molecule has 0 spiro atoms. The summed E-state index contributed by atoms with van der Waals surface area (Å²) >= 11 is 0. The van der Waals surface area contributed by atoms with E-state index in [1.165, 1.54) is 0 Å². The molecule has 7 heteroatoms. The van der Waals surface area contributed by atoms with E-state index in [0.717, 1.165) is 22.4 Å². The van der Waals surface area contributed by atoms with Crippen molar-refractivity contribution in [2.75, 3.05) is 13.2 Å². The van der Waals surface area contributed by atoms with Gasteiger partial charge >= 0.3 is 6.09 Å². The molecule has 0 aliphatic carbocycles. The van der Waals surface area contributed by atoms with Crippen molar-refractivity contribution in [2.24, 2.45) is 0 Å². The Morgan fingerprint density at radius 2 is 1.55 bits per heavy atom. The Balaban J connectivity index is 1.43. The smallest absolute Gasteiger partial charge is 0.413 e. The van der Waals surface area contributed by atoms with E-state index in [1.54, 1.807) is 26.8 Å². The van der Waals surface area contributed by atoms with Gasteiger partial charge in [0.1, 0.15) is 17.2 Å². The van der Waals surface area contributed by atoms with E-state index in [0.29, 0.717) is 25.1 Å². The van der Waals surface area contributed by atoms with Crippen molar-refractivity contribution < 1.29 is 19.1 Å². The van der Waals surface area contributed by atoms with Crippen LogP contribution < -0.4 is 15.4 Å². The Kier molecular flexibility index (Phi) is 7.86. The van der Waals surface area contributed by atoms with Crippen LogP contribution in [0.4, 0.5) is 4.79 Å². The first-order valence-corrected chi connectivity index (χ1v) is 12.8. The van der Waals surface area contributed by atoms with Gasteiger partial charge in [-0.05, 0) is 63.4 Å². The summed E-state index contributed by atoms with van der Waals surface area (Å²) in [7, 11) is 0. The monoisotopic (exact) mass is 513 g/mol.